The summed E-state index contributed by atoms with van der Waals surface area (Å²) in [5.74, 6) is 0.582. The second-order valence-electron chi connectivity index (χ2n) is 4.85. The van der Waals surface area contributed by atoms with Gasteiger partial charge in [0, 0.05) is 12.2 Å². The van der Waals surface area contributed by atoms with Crippen LogP contribution in [0.1, 0.15) is 50.4 Å². The maximum Gasteiger partial charge on any atom is 0.0547 e. The molecule has 0 amide bonds. The number of aromatic nitrogens is 1. The first-order chi connectivity index (χ1) is 7.79. The number of likely N-dealkylation sites (tertiary alicyclic amines) is 1. The maximum atomic E-state index is 4.77. The Hall–Kier alpha value is -0.890. The second kappa shape index (κ2) is 5.44. The lowest BCUT2D eigenvalue weighted by Gasteiger charge is -2.15. The number of pyridine rings is 1. The lowest BCUT2D eigenvalue weighted by molar-refractivity contribution is 0.326. The van der Waals surface area contributed by atoms with Gasteiger partial charge in [-0.15, -0.1) is 0 Å². The minimum absolute atomic E-state index is 0.582. The summed E-state index contributed by atoms with van der Waals surface area (Å²) in [5, 5.41) is 0. The average Bonchev–Trinajstić information content (AvgIpc) is 2.81. The molecule has 0 bridgehead atoms. The first-order valence-corrected chi connectivity index (χ1v) is 6.47. The topological polar surface area (TPSA) is 16.1 Å². The van der Waals surface area contributed by atoms with Gasteiger partial charge < -0.3 is 0 Å². The van der Waals surface area contributed by atoms with Crippen LogP contribution in [0.5, 0.6) is 0 Å². The molecule has 1 saturated heterocycles. The Morgan fingerprint density at radius 3 is 2.75 bits per heavy atom. The van der Waals surface area contributed by atoms with Crippen molar-refractivity contribution in [3.05, 3.63) is 29.6 Å². The lowest BCUT2D eigenvalue weighted by Crippen LogP contribution is -2.19. The smallest absolute Gasteiger partial charge is 0.0547 e. The third-order valence-electron chi connectivity index (χ3n) is 3.53. The van der Waals surface area contributed by atoms with Crippen molar-refractivity contribution in [2.75, 3.05) is 13.1 Å². The molecule has 1 atom stereocenters. The van der Waals surface area contributed by atoms with E-state index in [1.54, 1.807) is 0 Å². The predicted octanol–water partition coefficient (Wildman–Crippen LogP) is 3.19. The molecular formula is C14H22N2. The summed E-state index contributed by atoms with van der Waals surface area (Å²) in [5.41, 5.74) is 2.49. The van der Waals surface area contributed by atoms with Gasteiger partial charge in [-0.2, -0.15) is 0 Å². The average molecular weight is 218 g/mol. The third-order valence-corrected chi connectivity index (χ3v) is 3.53. The van der Waals surface area contributed by atoms with Crippen LogP contribution in [0.15, 0.2) is 18.2 Å². The van der Waals surface area contributed by atoms with Gasteiger partial charge in [0.1, 0.15) is 0 Å². The molecular weight excluding hydrogens is 196 g/mol. The fourth-order valence-corrected chi connectivity index (χ4v) is 2.24. The molecule has 1 aromatic rings. The highest BCUT2D eigenvalue weighted by atomic mass is 15.1. The zero-order valence-electron chi connectivity index (χ0n) is 10.4. The van der Waals surface area contributed by atoms with Crippen LogP contribution in [0.25, 0.3) is 0 Å². The molecule has 0 saturated carbocycles. The maximum absolute atomic E-state index is 4.77. The summed E-state index contributed by atoms with van der Waals surface area (Å²) in [6.45, 7) is 8.00. The van der Waals surface area contributed by atoms with E-state index in [1.807, 2.05) is 0 Å². The van der Waals surface area contributed by atoms with Crippen molar-refractivity contribution in [3.63, 3.8) is 0 Å². The minimum atomic E-state index is 0.582. The fraction of sp³-hybridized carbons (Fsp3) is 0.643. The van der Waals surface area contributed by atoms with E-state index in [1.165, 1.54) is 43.7 Å². The molecule has 0 radical (unpaired) electrons. The Balaban J connectivity index is 2.03. The number of nitrogens with zero attached hydrogens (tertiary/aromatic N) is 2. The monoisotopic (exact) mass is 218 g/mol. The molecule has 0 aliphatic carbocycles. The van der Waals surface area contributed by atoms with Crippen LogP contribution >= 0.6 is 0 Å². The molecule has 16 heavy (non-hydrogen) atoms. The van der Waals surface area contributed by atoms with Gasteiger partial charge in [0.05, 0.1) is 5.69 Å². The third kappa shape index (κ3) is 2.82. The normalized spacial score (nSPS) is 18.9. The Morgan fingerprint density at radius 2 is 2.06 bits per heavy atom. The van der Waals surface area contributed by atoms with Gasteiger partial charge in [0.2, 0.25) is 0 Å². The quantitative estimate of drug-likeness (QED) is 0.771. The van der Waals surface area contributed by atoms with E-state index < -0.39 is 0 Å². The summed E-state index contributed by atoms with van der Waals surface area (Å²) in [6, 6.07) is 6.46. The number of hydrogen-bond acceptors (Lipinski definition) is 2. The first-order valence-electron chi connectivity index (χ1n) is 6.47. The van der Waals surface area contributed by atoms with E-state index in [9.17, 15) is 0 Å². The van der Waals surface area contributed by atoms with E-state index in [0.29, 0.717) is 5.92 Å². The fourth-order valence-electron chi connectivity index (χ4n) is 2.24. The van der Waals surface area contributed by atoms with Gasteiger partial charge in [-0.25, -0.2) is 0 Å². The zero-order valence-corrected chi connectivity index (χ0v) is 10.4. The highest BCUT2D eigenvalue weighted by molar-refractivity contribution is 5.14. The summed E-state index contributed by atoms with van der Waals surface area (Å²) in [7, 11) is 0. The van der Waals surface area contributed by atoms with Crippen LogP contribution in [-0.2, 0) is 6.54 Å². The molecule has 0 spiro atoms. The molecule has 1 aliphatic rings. The van der Waals surface area contributed by atoms with Gasteiger partial charge in [-0.3, -0.25) is 9.88 Å². The van der Waals surface area contributed by atoms with Crippen LogP contribution in [0, 0.1) is 0 Å². The van der Waals surface area contributed by atoms with Gasteiger partial charge in [0.15, 0.2) is 0 Å². The highest BCUT2D eigenvalue weighted by Gasteiger charge is 2.13. The van der Waals surface area contributed by atoms with Gasteiger partial charge in [-0.05, 0) is 50.4 Å². The van der Waals surface area contributed by atoms with Gasteiger partial charge in [0.25, 0.3) is 0 Å². The Kier molecular flexibility index (Phi) is 3.94. The lowest BCUT2D eigenvalue weighted by atomic mass is 10.0. The molecule has 1 aliphatic heterocycles. The van der Waals surface area contributed by atoms with E-state index in [-0.39, 0.29) is 0 Å². The van der Waals surface area contributed by atoms with E-state index in [2.05, 4.69) is 36.9 Å². The van der Waals surface area contributed by atoms with Crippen LogP contribution in [0.4, 0.5) is 0 Å². The highest BCUT2D eigenvalue weighted by Crippen LogP contribution is 2.17. The summed E-state index contributed by atoms with van der Waals surface area (Å²) < 4.78 is 0. The van der Waals surface area contributed by atoms with Crippen molar-refractivity contribution >= 4 is 0 Å². The van der Waals surface area contributed by atoms with Crippen LogP contribution in [0.2, 0.25) is 0 Å². The molecule has 0 aromatic carbocycles. The minimum Gasteiger partial charge on any atom is -0.298 e. The summed E-state index contributed by atoms with van der Waals surface area (Å²) in [6.07, 6.45) is 3.87. The molecule has 1 fully saturated rings. The number of rotatable bonds is 4. The van der Waals surface area contributed by atoms with Gasteiger partial charge in [-0.1, -0.05) is 19.9 Å². The Bertz CT molecular complexity index is 329. The van der Waals surface area contributed by atoms with E-state index in [4.69, 9.17) is 4.98 Å². The van der Waals surface area contributed by atoms with E-state index in [0.717, 1.165) is 6.54 Å². The molecule has 2 rings (SSSR count). The SMILES string of the molecule is CCC(C)c1cccc(CN2CCCC2)n1. The molecule has 2 heteroatoms. The molecule has 1 unspecified atom stereocenters. The van der Waals surface area contributed by atoms with Crippen molar-refractivity contribution in [2.45, 2.75) is 45.6 Å². The van der Waals surface area contributed by atoms with Crippen molar-refractivity contribution in [3.8, 4) is 0 Å². The summed E-state index contributed by atoms with van der Waals surface area (Å²) >= 11 is 0. The molecule has 1 aromatic heterocycles. The zero-order chi connectivity index (χ0) is 11.4. The Morgan fingerprint density at radius 1 is 1.31 bits per heavy atom. The van der Waals surface area contributed by atoms with E-state index >= 15 is 0 Å². The first kappa shape index (κ1) is 11.6. The molecule has 2 nitrogen and oxygen atoms in total. The summed E-state index contributed by atoms with van der Waals surface area (Å²) in [4.78, 5) is 7.27. The number of hydrogen-bond donors (Lipinski definition) is 0. The van der Waals surface area contributed by atoms with Crippen molar-refractivity contribution < 1.29 is 0 Å². The van der Waals surface area contributed by atoms with Crippen LogP contribution in [-0.4, -0.2) is 23.0 Å². The van der Waals surface area contributed by atoms with Gasteiger partial charge >= 0.3 is 0 Å². The van der Waals surface area contributed by atoms with Crippen molar-refractivity contribution in [1.29, 1.82) is 0 Å². The molecule has 2 heterocycles. The van der Waals surface area contributed by atoms with Crippen LogP contribution < -0.4 is 0 Å². The molecule has 88 valence electrons. The van der Waals surface area contributed by atoms with Crippen molar-refractivity contribution in [1.82, 2.24) is 9.88 Å². The largest absolute Gasteiger partial charge is 0.298 e. The van der Waals surface area contributed by atoms with Crippen molar-refractivity contribution in [2.24, 2.45) is 0 Å². The van der Waals surface area contributed by atoms with Crippen LogP contribution in [0.3, 0.4) is 0 Å². The predicted molar refractivity (Wildman–Crippen MR) is 67.5 cm³/mol. The Labute approximate surface area is 98.7 Å². The molecule has 0 N–H and O–H groups in total. The second-order valence-corrected chi connectivity index (χ2v) is 4.85. The standard InChI is InChI=1S/C14H22N2/c1-3-12(2)14-8-6-7-13(15-14)11-16-9-4-5-10-16/h6-8,12H,3-5,9-11H2,1-2H3.